The Morgan fingerprint density at radius 1 is 1.35 bits per heavy atom. The Kier molecular flexibility index (Phi) is 3.30. The number of nitrogens with one attached hydrogen (secondary N) is 1. The van der Waals surface area contributed by atoms with Gasteiger partial charge >= 0.3 is 0 Å². The van der Waals surface area contributed by atoms with Crippen molar-refractivity contribution in [1.82, 2.24) is 0 Å². The number of amides is 1. The van der Waals surface area contributed by atoms with Crippen LogP contribution < -0.4 is 15.8 Å². The van der Waals surface area contributed by atoms with Gasteiger partial charge in [0.05, 0.1) is 12.0 Å². The van der Waals surface area contributed by atoms with Gasteiger partial charge in [0.25, 0.3) is 5.91 Å². The van der Waals surface area contributed by atoms with Gasteiger partial charge in [0.1, 0.15) is 5.75 Å². The molecule has 1 heterocycles. The summed E-state index contributed by atoms with van der Waals surface area (Å²) in [4.78, 5) is 12.5. The van der Waals surface area contributed by atoms with E-state index in [4.69, 9.17) is 10.5 Å². The molecule has 17 heavy (non-hydrogen) atoms. The number of rotatable bonds is 3. The molecule has 1 amide bonds. The third-order valence-corrected chi connectivity index (χ3v) is 3.11. The Balaban J connectivity index is 2.08. The van der Waals surface area contributed by atoms with Crippen molar-refractivity contribution >= 4 is 28.6 Å². The quantitative estimate of drug-likeness (QED) is 0.820. The summed E-state index contributed by atoms with van der Waals surface area (Å²) >= 11 is 1.34. The summed E-state index contributed by atoms with van der Waals surface area (Å²) in [6.45, 7) is 0. The summed E-state index contributed by atoms with van der Waals surface area (Å²) in [5.41, 5.74) is 6.95. The van der Waals surface area contributed by atoms with Gasteiger partial charge in [0.2, 0.25) is 0 Å². The van der Waals surface area contributed by atoms with Crippen LogP contribution in [-0.2, 0) is 0 Å². The first-order chi connectivity index (χ1) is 8.19. The summed E-state index contributed by atoms with van der Waals surface area (Å²) in [5.74, 6) is 0.542. The van der Waals surface area contributed by atoms with E-state index in [2.05, 4.69) is 5.32 Å². The van der Waals surface area contributed by atoms with E-state index in [0.717, 1.165) is 5.69 Å². The number of thiophene rings is 1. The molecule has 0 aliphatic carbocycles. The van der Waals surface area contributed by atoms with Crippen LogP contribution in [0, 0.1) is 0 Å². The second kappa shape index (κ2) is 4.88. The molecule has 0 saturated heterocycles. The Labute approximate surface area is 103 Å². The van der Waals surface area contributed by atoms with Crippen molar-refractivity contribution in [3.8, 4) is 5.75 Å². The lowest BCUT2D eigenvalue weighted by Crippen LogP contribution is -2.09. The first kappa shape index (κ1) is 11.5. The molecule has 2 aromatic rings. The molecule has 0 spiro atoms. The van der Waals surface area contributed by atoms with Gasteiger partial charge < -0.3 is 15.8 Å². The van der Waals surface area contributed by atoms with Crippen molar-refractivity contribution in [2.75, 3.05) is 18.2 Å². The first-order valence-corrected chi connectivity index (χ1v) is 5.86. The van der Waals surface area contributed by atoms with Gasteiger partial charge in [-0.3, -0.25) is 4.79 Å². The van der Waals surface area contributed by atoms with Crippen LogP contribution in [0.25, 0.3) is 0 Å². The molecule has 4 nitrogen and oxygen atoms in total. The average Bonchev–Trinajstić information content (AvgIpc) is 2.81. The van der Waals surface area contributed by atoms with Gasteiger partial charge in [-0.05, 0) is 24.3 Å². The SMILES string of the molecule is COc1csc(C(=O)Nc2ccc(N)cc2)c1. The number of ether oxygens (including phenoxy) is 1. The zero-order chi connectivity index (χ0) is 12.3. The van der Waals surface area contributed by atoms with Crippen LogP contribution in [0.15, 0.2) is 35.7 Å². The van der Waals surface area contributed by atoms with Crippen LogP contribution in [0.2, 0.25) is 0 Å². The van der Waals surface area contributed by atoms with Crippen LogP contribution in [0.4, 0.5) is 11.4 Å². The molecule has 3 N–H and O–H groups in total. The van der Waals surface area contributed by atoms with E-state index in [1.807, 2.05) is 0 Å². The topological polar surface area (TPSA) is 64.3 Å². The maximum Gasteiger partial charge on any atom is 0.265 e. The Hall–Kier alpha value is -2.01. The van der Waals surface area contributed by atoms with Gasteiger partial charge in [0, 0.05) is 22.8 Å². The highest BCUT2D eigenvalue weighted by Crippen LogP contribution is 2.22. The van der Waals surface area contributed by atoms with E-state index in [0.29, 0.717) is 16.3 Å². The predicted molar refractivity (Wildman–Crippen MR) is 69.7 cm³/mol. The van der Waals surface area contributed by atoms with Crippen molar-refractivity contribution < 1.29 is 9.53 Å². The van der Waals surface area contributed by atoms with Gasteiger partial charge in [-0.2, -0.15) is 0 Å². The molecule has 0 atom stereocenters. The van der Waals surface area contributed by atoms with E-state index in [1.165, 1.54) is 11.3 Å². The van der Waals surface area contributed by atoms with Crippen LogP contribution in [0.5, 0.6) is 5.75 Å². The van der Waals surface area contributed by atoms with Crippen molar-refractivity contribution in [3.05, 3.63) is 40.6 Å². The second-order valence-corrected chi connectivity index (χ2v) is 4.34. The van der Waals surface area contributed by atoms with Crippen molar-refractivity contribution in [2.24, 2.45) is 0 Å². The highest BCUT2D eigenvalue weighted by atomic mass is 32.1. The maximum atomic E-state index is 11.8. The molecule has 88 valence electrons. The highest BCUT2D eigenvalue weighted by Gasteiger charge is 2.09. The van der Waals surface area contributed by atoms with Crippen LogP contribution in [0.1, 0.15) is 9.67 Å². The third-order valence-electron chi connectivity index (χ3n) is 2.20. The standard InChI is InChI=1S/C12H12N2O2S/c1-16-10-6-11(17-7-10)12(15)14-9-4-2-8(13)3-5-9/h2-7H,13H2,1H3,(H,14,15). The lowest BCUT2D eigenvalue weighted by Gasteiger charge is -2.03. The number of carbonyl (C=O) groups is 1. The second-order valence-electron chi connectivity index (χ2n) is 3.43. The number of carbonyl (C=O) groups excluding carboxylic acids is 1. The maximum absolute atomic E-state index is 11.8. The minimum atomic E-state index is -0.150. The molecular formula is C12H12N2O2S. The van der Waals surface area contributed by atoms with Gasteiger partial charge in [0.15, 0.2) is 0 Å². The fraction of sp³-hybridized carbons (Fsp3) is 0.0833. The largest absolute Gasteiger partial charge is 0.496 e. The van der Waals surface area contributed by atoms with Crippen LogP contribution in [-0.4, -0.2) is 13.0 Å². The molecule has 0 aliphatic rings. The number of methoxy groups -OCH3 is 1. The van der Waals surface area contributed by atoms with E-state index in [1.54, 1.807) is 42.8 Å². The zero-order valence-electron chi connectivity index (χ0n) is 9.27. The number of hydrogen-bond donors (Lipinski definition) is 2. The molecule has 0 unspecified atom stereocenters. The highest BCUT2D eigenvalue weighted by molar-refractivity contribution is 7.12. The molecule has 0 radical (unpaired) electrons. The molecule has 1 aromatic carbocycles. The zero-order valence-corrected chi connectivity index (χ0v) is 10.1. The molecule has 2 rings (SSSR count). The summed E-state index contributed by atoms with van der Waals surface area (Å²) in [6.07, 6.45) is 0. The van der Waals surface area contributed by atoms with Crippen LogP contribution in [0.3, 0.4) is 0 Å². The summed E-state index contributed by atoms with van der Waals surface area (Å²) in [7, 11) is 1.57. The van der Waals surface area contributed by atoms with E-state index in [-0.39, 0.29) is 5.91 Å². The number of nitrogens with two attached hydrogens (primary N) is 1. The molecule has 0 fully saturated rings. The Morgan fingerprint density at radius 2 is 2.06 bits per heavy atom. The molecule has 0 saturated carbocycles. The van der Waals surface area contributed by atoms with Gasteiger partial charge in [-0.15, -0.1) is 11.3 Å². The molecule has 5 heteroatoms. The molecule has 0 bridgehead atoms. The predicted octanol–water partition coefficient (Wildman–Crippen LogP) is 2.59. The molecular weight excluding hydrogens is 236 g/mol. The average molecular weight is 248 g/mol. The fourth-order valence-electron chi connectivity index (χ4n) is 1.30. The summed E-state index contributed by atoms with van der Waals surface area (Å²) in [6, 6.07) is 8.71. The smallest absolute Gasteiger partial charge is 0.265 e. The van der Waals surface area contributed by atoms with E-state index >= 15 is 0 Å². The third kappa shape index (κ3) is 2.76. The summed E-state index contributed by atoms with van der Waals surface area (Å²) < 4.78 is 5.02. The van der Waals surface area contributed by atoms with E-state index < -0.39 is 0 Å². The number of benzene rings is 1. The van der Waals surface area contributed by atoms with Crippen molar-refractivity contribution in [3.63, 3.8) is 0 Å². The lowest BCUT2D eigenvalue weighted by atomic mass is 10.3. The molecule has 1 aromatic heterocycles. The number of anilines is 2. The Bertz CT molecular complexity index is 520. The van der Waals surface area contributed by atoms with Gasteiger partial charge in [-0.25, -0.2) is 0 Å². The first-order valence-electron chi connectivity index (χ1n) is 4.98. The van der Waals surface area contributed by atoms with E-state index in [9.17, 15) is 4.79 Å². The molecule has 0 aliphatic heterocycles. The minimum absolute atomic E-state index is 0.150. The minimum Gasteiger partial charge on any atom is -0.496 e. The normalized spacial score (nSPS) is 9.94. The number of hydrogen-bond acceptors (Lipinski definition) is 4. The van der Waals surface area contributed by atoms with Gasteiger partial charge in [-0.1, -0.05) is 0 Å². The fourth-order valence-corrected chi connectivity index (χ4v) is 2.05. The lowest BCUT2D eigenvalue weighted by molar-refractivity contribution is 0.103. The van der Waals surface area contributed by atoms with Crippen LogP contribution >= 0.6 is 11.3 Å². The Morgan fingerprint density at radius 3 is 2.65 bits per heavy atom. The van der Waals surface area contributed by atoms with Crippen molar-refractivity contribution in [2.45, 2.75) is 0 Å². The van der Waals surface area contributed by atoms with Crippen molar-refractivity contribution in [1.29, 1.82) is 0 Å². The number of nitrogen functional groups attached to an aromatic ring is 1. The summed E-state index contributed by atoms with van der Waals surface area (Å²) in [5, 5.41) is 4.57. The monoisotopic (exact) mass is 248 g/mol.